The molecule has 0 bridgehead atoms. The van der Waals surface area contributed by atoms with Crippen molar-refractivity contribution in [3.8, 4) is 22.6 Å². The van der Waals surface area contributed by atoms with Crippen molar-refractivity contribution in [1.29, 1.82) is 0 Å². The molecule has 0 aliphatic rings. The Kier molecular flexibility index (Phi) is 11.9. The van der Waals surface area contributed by atoms with Gasteiger partial charge in [0, 0.05) is 22.2 Å². The number of hydrogen-bond donors (Lipinski definition) is 3. The summed E-state index contributed by atoms with van der Waals surface area (Å²) < 4.78 is 10.7. The van der Waals surface area contributed by atoms with Gasteiger partial charge in [0.05, 0.1) is 25.2 Å². The predicted molar refractivity (Wildman–Crippen MR) is 197 cm³/mol. The first kappa shape index (κ1) is 34.5. The van der Waals surface area contributed by atoms with Crippen molar-refractivity contribution in [2.75, 3.05) is 24.9 Å². The van der Waals surface area contributed by atoms with E-state index in [2.05, 4.69) is 16.0 Å². The molecule has 0 fully saturated rings. The van der Waals surface area contributed by atoms with Crippen LogP contribution in [0.4, 0.5) is 11.4 Å². The summed E-state index contributed by atoms with van der Waals surface area (Å²) in [5, 5.41) is 8.24. The number of carbonyl (C=O) groups is 3. The van der Waals surface area contributed by atoms with E-state index in [4.69, 9.17) is 9.47 Å². The molecular weight excluding hydrogens is 635 g/mol. The molecule has 49 heavy (non-hydrogen) atoms. The Balaban J connectivity index is 1.33. The normalized spacial score (nSPS) is 11.6. The van der Waals surface area contributed by atoms with Gasteiger partial charge in [0.15, 0.2) is 0 Å². The molecule has 0 saturated heterocycles. The Morgan fingerprint density at radius 1 is 0.735 bits per heavy atom. The molecule has 3 amide bonds. The number of nitrogens with one attached hydrogen (secondary N) is 3. The van der Waals surface area contributed by atoms with Crippen LogP contribution < -0.4 is 25.4 Å². The first-order valence-electron chi connectivity index (χ1n) is 15.7. The number of thioether (sulfide) groups is 1. The smallest absolute Gasteiger partial charge is 0.272 e. The van der Waals surface area contributed by atoms with E-state index in [1.54, 1.807) is 74.9 Å². The predicted octanol–water partition coefficient (Wildman–Crippen LogP) is 8.29. The van der Waals surface area contributed by atoms with Crippen LogP contribution in [0.3, 0.4) is 0 Å². The number of rotatable bonds is 13. The van der Waals surface area contributed by atoms with Crippen LogP contribution in [-0.2, 0) is 9.59 Å². The summed E-state index contributed by atoms with van der Waals surface area (Å²) >= 11 is 1.38. The fourth-order valence-electron chi connectivity index (χ4n) is 4.97. The number of methoxy groups -OCH3 is 2. The minimum absolute atomic E-state index is 0.0809. The van der Waals surface area contributed by atoms with Gasteiger partial charge >= 0.3 is 0 Å². The van der Waals surface area contributed by atoms with Crippen LogP contribution in [0, 0.1) is 0 Å². The van der Waals surface area contributed by atoms with Crippen LogP contribution >= 0.6 is 11.8 Å². The molecule has 5 rings (SSSR count). The summed E-state index contributed by atoms with van der Waals surface area (Å²) in [6, 6.07) is 38.9. The van der Waals surface area contributed by atoms with E-state index in [0.717, 1.165) is 21.6 Å². The van der Waals surface area contributed by atoms with Gasteiger partial charge in [0.2, 0.25) is 5.91 Å². The SMILES string of the molecule is CCC(Sc1cccc(NC(=O)/C(=C\c2ccc(-c3ccccc3)cc2)NC(=O)c2ccccc2)c1)C(=O)Nc1cc(OC)ccc1OC. The lowest BCUT2D eigenvalue weighted by Gasteiger charge is -2.17. The fourth-order valence-corrected chi connectivity index (χ4v) is 5.98. The molecule has 5 aromatic rings. The molecular formula is C40H37N3O5S. The third-order valence-corrected chi connectivity index (χ3v) is 8.91. The highest BCUT2D eigenvalue weighted by Gasteiger charge is 2.21. The molecule has 1 atom stereocenters. The maximum absolute atomic E-state index is 13.7. The molecule has 0 saturated carbocycles. The van der Waals surface area contributed by atoms with Crippen molar-refractivity contribution in [1.82, 2.24) is 5.32 Å². The third-order valence-electron chi connectivity index (χ3n) is 7.56. The molecule has 0 aliphatic carbocycles. The lowest BCUT2D eigenvalue weighted by atomic mass is 10.0. The molecule has 3 N–H and O–H groups in total. The van der Waals surface area contributed by atoms with Crippen LogP contribution in [0.25, 0.3) is 17.2 Å². The third kappa shape index (κ3) is 9.39. The quantitative estimate of drug-likeness (QED) is 0.0860. The minimum atomic E-state index is -0.492. The van der Waals surface area contributed by atoms with E-state index < -0.39 is 17.1 Å². The van der Waals surface area contributed by atoms with Gasteiger partial charge in [0.25, 0.3) is 11.8 Å². The molecule has 0 spiro atoms. The average molecular weight is 672 g/mol. The number of carbonyl (C=O) groups excluding carboxylic acids is 3. The lowest BCUT2D eigenvalue weighted by molar-refractivity contribution is -0.116. The van der Waals surface area contributed by atoms with Crippen LogP contribution in [0.1, 0.15) is 29.3 Å². The zero-order chi connectivity index (χ0) is 34.6. The van der Waals surface area contributed by atoms with Gasteiger partial charge < -0.3 is 25.4 Å². The number of hydrogen-bond acceptors (Lipinski definition) is 6. The summed E-state index contributed by atoms with van der Waals surface area (Å²) in [5.41, 5.74) is 4.39. The fraction of sp³-hybridized carbons (Fsp3) is 0.125. The van der Waals surface area contributed by atoms with Gasteiger partial charge in [0.1, 0.15) is 17.2 Å². The maximum atomic E-state index is 13.7. The molecule has 8 nitrogen and oxygen atoms in total. The second-order valence-electron chi connectivity index (χ2n) is 10.9. The van der Waals surface area contributed by atoms with Crippen molar-refractivity contribution >= 4 is 46.9 Å². The highest BCUT2D eigenvalue weighted by Crippen LogP contribution is 2.32. The Morgan fingerprint density at radius 3 is 2.10 bits per heavy atom. The Bertz CT molecular complexity index is 1930. The molecule has 1 unspecified atom stereocenters. The van der Waals surface area contributed by atoms with Crippen molar-refractivity contribution in [2.24, 2.45) is 0 Å². The standard InChI is InChI=1S/C40H37N3O5S/c1-4-37(40(46)42-34-26-32(47-2)22-23-36(34)48-3)49-33-17-11-16-31(25-33)41-39(45)35(43-38(44)30-14-9-6-10-15-30)24-27-18-20-29(21-19-27)28-12-7-5-8-13-28/h5-26,37H,4H2,1-3H3,(H,41,45)(H,42,46)(H,43,44)/b35-24+. The first-order chi connectivity index (χ1) is 23.9. The van der Waals surface area contributed by atoms with Crippen LogP contribution in [-0.4, -0.2) is 37.2 Å². The number of anilines is 2. The van der Waals surface area contributed by atoms with Crippen LogP contribution in [0.15, 0.2) is 138 Å². The second-order valence-corrected chi connectivity index (χ2v) is 12.2. The number of benzene rings is 5. The lowest BCUT2D eigenvalue weighted by Crippen LogP contribution is -2.30. The Hall–Kier alpha value is -5.80. The van der Waals surface area contributed by atoms with E-state index in [9.17, 15) is 14.4 Å². The van der Waals surface area contributed by atoms with E-state index in [1.165, 1.54) is 11.8 Å². The summed E-state index contributed by atoms with van der Waals surface area (Å²) in [6.07, 6.45) is 2.20. The zero-order valence-electron chi connectivity index (χ0n) is 27.4. The van der Waals surface area contributed by atoms with Gasteiger partial charge in [-0.25, -0.2) is 0 Å². The van der Waals surface area contributed by atoms with Crippen molar-refractivity contribution in [3.05, 3.63) is 144 Å². The average Bonchev–Trinajstić information content (AvgIpc) is 3.14. The summed E-state index contributed by atoms with van der Waals surface area (Å²) in [6.45, 7) is 1.94. The molecule has 0 aromatic heterocycles. The van der Waals surface area contributed by atoms with Gasteiger partial charge in [-0.05, 0) is 71.7 Å². The molecule has 0 radical (unpaired) electrons. The van der Waals surface area contributed by atoms with Gasteiger partial charge in [-0.15, -0.1) is 11.8 Å². The van der Waals surface area contributed by atoms with E-state index in [1.807, 2.05) is 79.7 Å². The van der Waals surface area contributed by atoms with E-state index in [-0.39, 0.29) is 11.6 Å². The monoisotopic (exact) mass is 671 g/mol. The van der Waals surface area contributed by atoms with E-state index >= 15 is 0 Å². The molecule has 5 aromatic carbocycles. The van der Waals surface area contributed by atoms with Crippen molar-refractivity contribution < 1.29 is 23.9 Å². The van der Waals surface area contributed by atoms with Crippen molar-refractivity contribution in [3.63, 3.8) is 0 Å². The number of ether oxygens (including phenoxy) is 2. The summed E-state index contributed by atoms with van der Waals surface area (Å²) in [7, 11) is 3.10. The summed E-state index contributed by atoms with van der Waals surface area (Å²) in [4.78, 5) is 40.9. The summed E-state index contributed by atoms with van der Waals surface area (Å²) in [5.74, 6) is 0.0256. The highest BCUT2D eigenvalue weighted by molar-refractivity contribution is 8.00. The van der Waals surface area contributed by atoms with Crippen LogP contribution in [0.2, 0.25) is 0 Å². The molecule has 0 heterocycles. The van der Waals surface area contributed by atoms with Crippen LogP contribution in [0.5, 0.6) is 11.5 Å². The zero-order valence-corrected chi connectivity index (χ0v) is 28.3. The van der Waals surface area contributed by atoms with Crippen molar-refractivity contribution in [2.45, 2.75) is 23.5 Å². The van der Waals surface area contributed by atoms with Gasteiger partial charge in [-0.1, -0.05) is 85.8 Å². The topological polar surface area (TPSA) is 106 Å². The number of amides is 3. The maximum Gasteiger partial charge on any atom is 0.272 e. The second kappa shape index (κ2) is 16.9. The van der Waals surface area contributed by atoms with E-state index in [0.29, 0.717) is 34.9 Å². The molecule has 9 heteroatoms. The Labute approximate surface area is 290 Å². The first-order valence-corrected chi connectivity index (χ1v) is 16.6. The van der Waals surface area contributed by atoms with Gasteiger partial charge in [-0.2, -0.15) is 0 Å². The molecule has 0 aliphatic heterocycles. The Morgan fingerprint density at radius 2 is 1.43 bits per heavy atom. The van der Waals surface area contributed by atoms with Gasteiger partial charge in [-0.3, -0.25) is 14.4 Å². The largest absolute Gasteiger partial charge is 0.497 e. The minimum Gasteiger partial charge on any atom is -0.497 e. The highest BCUT2D eigenvalue weighted by atomic mass is 32.2. The molecule has 248 valence electrons.